The number of hydrogen-bond acceptors (Lipinski definition) is 7. The molecule has 0 aliphatic carbocycles. The summed E-state index contributed by atoms with van der Waals surface area (Å²) in [7, 11) is -0.678. The third-order valence-electron chi connectivity index (χ3n) is 3.77. The van der Waals surface area contributed by atoms with E-state index >= 15 is 0 Å². The van der Waals surface area contributed by atoms with Crippen LogP contribution < -0.4 is 19.9 Å². The molecule has 146 valence electrons. The van der Waals surface area contributed by atoms with Gasteiger partial charge in [0, 0.05) is 0 Å². The van der Waals surface area contributed by atoms with Crippen LogP contribution in [0.1, 0.15) is 5.56 Å². The van der Waals surface area contributed by atoms with Crippen LogP contribution in [0.25, 0.3) is 6.08 Å². The average molecular weight is 419 g/mol. The molecule has 28 heavy (non-hydrogen) atoms. The number of nitrogens with one attached hydrogen (secondary N) is 1. The molecule has 0 aromatic heterocycles. The summed E-state index contributed by atoms with van der Waals surface area (Å²) >= 11 is 1.01. The Morgan fingerprint density at radius 2 is 1.75 bits per heavy atom. The number of sulfonamides is 1. The van der Waals surface area contributed by atoms with Gasteiger partial charge in [-0.15, -0.1) is 0 Å². The fourth-order valence-corrected chi connectivity index (χ4v) is 3.70. The zero-order valence-electron chi connectivity index (χ0n) is 15.0. The molecule has 1 aliphatic heterocycles. The highest BCUT2D eigenvalue weighted by molar-refractivity contribution is 8.18. The molecule has 1 heterocycles. The van der Waals surface area contributed by atoms with E-state index in [9.17, 15) is 13.2 Å². The molecule has 2 aromatic rings. The van der Waals surface area contributed by atoms with Crippen molar-refractivity contribution in [3.63, 3.8) is 0 Å². The molecule has 3 rings (SSSR count). The molecule has 0 radical (unpaired) electrons. The van der Waals surface area contributed by atoms with Crippen LogP contribution in [0.5, 0.6) is 11.5 Å². The number of primary sulfonamides is 1. The van der Waals surface area contributed by atoms with Gasteiger partial charge in [-0.05, 0) is 59.8 Å². The smallest absolute Gasteiger partial charge is 0.289 e. The first-order chi connectivity index (χ1) is 13.3. The second-order valence-electron chi connectivity index (χ2n) is 5.64. The number of benzene rings is 2. The van der Waals surface area contributed by atoms with E-state index in [1.165, 1.54) is 24.3 Å². The second-order valence-corrected chi connectivity index (χ2v) is 8.21. The predicted octanol–water partition coefficient (Wildman–Crippen LogP) is 2.88. The SMILES string of the molecule is COc1ccc(/C=C2\SC(=O)NC2=Nc2ccc(S(N)(=O)=O)cc2)cc1OC. The van der Waals surface area contributed by atoms with Crippen molar-refractivity contribution in [3.05, 3.63) is 52.9 Å². The molecule has 2 aromatic carbocycles. The zero-order valence-corrected chi connectivity index (χ0v) is 16.6. The maximum atomic E-state index is 11.8. The molecule has 0 spiro atoms. The number of carbonyl (C=O) groups excluding carboxylic acids is 1. The average Bonchev–Trinajstić information content (AvgIpc) is 3.00. The minimum Gasteiger partial charge on any atom is -0.493 e. The Hall–Kier alpha value is -2.82. The first kappa shape index (κ1) is 19.9. The van der Waals surface area contributed by atoms with E-state index in [0.29, 0.717) is 27.9 Å². The lowest BCUT2D eigenvalue weighted by molar-refractivity contribution is 0.265. The molecular formula is C18H17N3O5S2. The predicted molar refractivity (Wildman–Crippen MR) is 109 cm³/mol. The van der Waals surface area contributed by atoms with Crippen molar-refractivity contribution in [3.8, 4) is 11.5 Å². The number of nitrogens with two attached hydrogens (primary N) is 1. The summed E-state index contributed by atoms with van der Waals surface area (Å²) in [6, 6.07) is 11.1. The summed E-state index contributed by atoms with van der Waals surface area (Å²) in [6.07, 6.45) is 1.79. The molecule has 1 fully saturated rings. The minimum atomic E-state index is -3.78. The van der Waals surface area contributed by atoms with Crippen molar-refractivity contribution in [2.75, 3.05) is 14.2 Å². The van der Waals surface area contributed by atoms with E-state index in [1.807, 2.05) is 6.07 Å². The Labute approximate surface area is 166 Å². The van der Waals surface area contributed by atoms with E-state index in [1.54, 1.807) is 32.4 Å². The number of nitrogens with zero attached hydrogens (tertiary/aromatic N) is 1. The van der Waals surface area contributed by atoms with Crippen LogP contribution in [0.4, 0.5) is 10.5 Å². The zero-order chi connectivity index (χ0) is 20.3. The lowest BCUT2D eigenvalue weighted by Crippen LogP contribution is -2.18. The maximum absolute atomic E-state index is 11.8. The van der Waals surface area contributed by atoms with Gasteiger partial charge in [0.1, 0.15) is 5.84 Å². The lowest BCUT2D eigenvalue weighted by Gasteiger charge is -2.08. The van der Waals surface area contributed by atoms with Crippen LogP contribution in [0.2, 0.25) is 0 Å². The van der Waals surface area contributed by atoms with Crippen LogP contribution >= 0.6 is 11.8 Å². The molecule has 0 unspecified atom stereocenters. The molecule has 0 saturated carbocycles. The number of carbonyl (C=O) groups is 1. The number of amidine groups is 1. The molecule has 1 aliphatic rings. The number of methoxy groups -OCH3 is 2. The summed E-state index contributed by atoms with van der Waals surface area (Å²) in [5, 5.41) is 7.51. The first-order valence-electron chi connectivity index (χ1n) is 7.94. The van der Waals surface area contributed by atoms with E-state index in [2.05, 4.69) is 10.3 Å². The van der Waals surface area contributed by atoms with E-state index in [4.69, 9.17) is 14.6 Å². The minimum absolute atomic E-state index is 0.0117. The summed E-state index contributed by atoms with van der Waals surface area (Å²) < 4.78 is 33.2. The first-order valence-corrected chi connectivity index (χ1v) is 10.3. The van der Waals surface area contributed by atoms with E-state index in [-0.39, 0.29) is 10.1 Å². The van der Waals surface area contributed by atoms with Crippen LogP contribution in [0.3, 0.4) is 0 Å². The largest absolute Gasteiger partial charge is 0.493 e. The third-order valence-corrected chi connectivity index (χ3v) is 5.52. The fraction of sp³-hybridized carbons (Fsp3) is 0.111. The summed E-state index contributed by atoms with van der Waals surface area (Å²) in [5.41, 5.74) is 1.28. The van der Waals surface area contributed by atoms with Gasteiger partial charge in [0.15, 0.2) is 11.5 Å². The molecule has 1 amide bonds. The second kappa shape index (κ2) is 8.05. The highest BCUT2D eigenvalue weighted by atomic mass is 32.2. The van der Waals surface area contributed by atoms with Crippen LogP contribution in [-0.4, -0.2) is 33.7 Å². The number of amides is 1. The topological polar surface area (TPSA) is 120 Å². The van der Waals surface area contributed by atoms with Gasteiger partial charge in [0.2, 0.25) is 10.0 Å². The van der Waals surface area contributed by atoms with Crippen molar-refractivity contribution in [1.29, 1.82) is 0 Å². The molecule has 1 saturated heterocycles. The van der Waals surface area contributed by atoms with Crippen molar-refractivity contribution in [1.82, 2.24) is 5.32 Å². The monoisotopic (exact) mass is 419 g/mol. The van der Waals surface area contributed by atoms with Gasteiger partial charge in [0.05, 0.1) is 29.7 Å². The Morgan fingerprint density at radius 3 is 2.36 bits per heavy atom. The number of aliphatic imine (C=N–C) groups is 1. The molecule has 0 bridgehead atoms. The number of rotatable bonds is 5. The fourth-order valence-electron chi connectivity index (χ4n) is 2.45. The van der Waals surface area contributed by atoms with Crippen molar-refractivity contribution >= 4 is 44.6 Å². The van der Waals surface area contributed by atoms with Crippen molar-refractivity contribution in [2.24, 2.45) is 10.1 Å². The van der Waals surface area contributed by atoms with Gasteiger partial charge in [-0.2, -0.15) is 0 Å². The van der Waals surface area contributed by atoms with Crippen molar-refractivity contribution < 1.29 is 22.7 Å². The van der Waals surface area contributed by atoms with Gasteiger partial charge < -0.3 is 14.8 Å². The number of thioether (sulfide) groups is 1. The maximum Gasteiger partial charge on any atom is 0.289 e. The highest BCUT2D eigenvalue weighted by Crippen LogP contribution is 2.32. The van der Waals surface area contributed by atoms with Gasteiger partial charge in [-0.3, -0.25) is 4.79 Å². The van der Waals surface area contributed by atoms with Crippen LogP contribution in [0, 0.1) is 0 Å². The van der Waals surface area contributed by atoms with E-state index < -0.39 is 10.0 Å². The van der Waals surface area contributed by atoms with Gasteiger partial charge in [-0.25, -0.2) is 18.5 Å². The Kier molecular flexibility index (Phi) is 5.73. The van der Waals surface area contributed by atoms with Crippen molar-refractivity contribution in [2.45, 2.75) is 4.90 Å². The van der Waals surface area contributed by atoms with Gasteiger partial charge >= 0.3 is 0 Å². The summed E-state index contributed by atoms with van der Waals surface area (Å²) in [4.78, 5) is 16.8. The Balaban J connectivity index is 1.94. The third kappa shape index (κ3) is 4.53. The van der Waals surface area contributed by atoms with Crippen LogP contribution in [-0.2, 0) is 10.0 Å². The highest BCUT2D eigenvalue weighted by Gasteiger charge is 2.23. The molecule has 3 N–H and O–H groups in total. The quantitative estimate of drug-likeness (QED) is 0.769. The molecule has 10 heteroatoms. The normalized spacial score (nSPS) is 17.0. The molecule has 8 nitrogen and oxygen atoms in total. The van der Waals surface area contributed by atoms with Crippen LogP contribution in [0.15, 0.2) is 57.3 Å². The Bertz CT molecular complexity index is 1080. The van der Waals surface area contributed by atoms with Gasteiger partial charge in [-0.1, -0.05) is 6.07 Å². The number of hydrogen-bond donors (Lipinski definition) is 2. The summed E-state index contributed by atoms with van der Waals surface area (Å²) in [6.45, 7) is 0. The van der Waals surface area contributed by atoms with Gasteiger partial charge in [0.25, 0.3) is 5.24 Å². The summed E-state index contributed by atoms with van der Waals surface area (Å²) in [5.74, 6) is 1.53. The lowest BCUT2D eigenvalue weighted by atomic mass is 10.2. The van der Waals surface area contributed by atoms with E-state index in [0.717, 1.165) is 17.3 Å². The molecular weight excluding hydrogens is 402 g/mol. The number of ether oxygens (including phenoxy) is 2. The Morgan fingerprint density at radius 1 is 1.07 bits per heavy atom. The standard InChI is InChI=1S/C18H17N3O5S2/c1-25-14-8-3-11(9-15(14)26-2)10-16-17(21-18(22)27-16)20-12-4-6-13(7-5-12)28(19,23)24/h3-10H,1-2H3,(H2,19,23,24)(H,20,21,22)/b16-10-. The molecule has 0 atom stereocenters.